The Morgan fingerprint density at radius 2 is 1.85 bits per heavy atom. The average molecular weight is 549 g/mol. The molecule has 0 saturated carbocycles. The minimum Gasteiger partial charge on any atom is -0.361 e. The first-order valence-corrected chi connectivity index (χ1v) is 15.0. The first kappa shape index (κ1) is 28.6. The van der Waals surface area contributed by atoms with Crippen LogP contribution in [0.15, 0.2) is 54.5 Å². The summed E-state index contributed by atoms with van der Waals surface area (Å²) in [7, 11) is 0. The molecule has 0 fully saturated rings. The number of aryl methyl sites for hydroxylation is 2. The normalized spacial score (nSPS) is 13.6. The van der Waals surface area contributed by atoms with Crippen molar-refractivity contribution in [2.45, 2.75) is 87.1 Å². The number of aromatic amines is 1. The van der Waals surface area contributed by atoms with Gasteiger partial charge in [-0.25, -0.2) is 14.6 Å². The predicted octanol–water partition coefficient (Wildman–Crippen LogP) is 8.20. The van der Waals surface area contributed by atoms with Crippen molar-refractivity contribution in [3.63, 3.8) is 0 Å². The van der Waals surface area contributed by atoms with Gasteiger partial charge in [-0.1, -0.05) is 57.0 Å². The molecule has 0 aliphatic carbocycles. The van der Waals surface area contributed by atoms with Crippen LogP contribution >= 0.6 is 0 Å². The molecule has 0 bridgehead atoms. The summed E-state index contributed by atoms with van der Waals surface area (Å²) in [5.74, 6) is 1.19. The number of para-hydroxylation sites is 1. The molecule has 0 atom stereocenters. The Morgan fingerprint density at radius 1 is 1.10 bits per heavy atom. The molecule has 3 aromatic heterocycles. The van der Waals surface area contributed by atoms with E-state index in [1.54, 1.807) is 0 Å². The number of hydrogen-bond donors (Lipinski definition) is 1. The van der Waals surface area contributed by atoms with Crippen molar-refractivity contribution in [1.29, 1.82) is 0 Å². The summed E-state index contributed by atoms with van der Waals surface area (Å²) >= 11 is 0. The second-order valence-electron chi connectivity index (χ2n) is 11.8. The molecule has 1 aliphatic rings. The average Bonchev–Trinajstić information content (AvgIpc) is 3.58. The van der Waals surface area contributed by atoms with Crippen molar-refractivity contribution in [1.82, 2.24) is 24.7 Å². The number of rotatable bonds is 8. The monoisotopic (exact) mass is 548 g/mol. The van der Waals surface area contributed by atoms with Gasteiger partial charge in [-0.2, -0.15) is 5.10 Å². The molecule has 1 aliphatic heterocycles. The summed E-state index contributed by atoms with van der Waals surface area (Å²) in [6, 6.07) is 8.87. The van der Waals surface area contributed by atoms with Gasteiger partial charge >= 0.3 is 0 Å². The summed E-state index contributed by atoms with van der Waals surface area (Å²) in [4.78, 5) is 15.4. The van der Waals surface area contributed by atoms with Crippen molar-refractivity contribution >= 4 is 17.1 Å². The van der Waals surface area contributed by atoms with E-state index in [-0.39, 0.29) is 0 Å². The van der Waals surface area contributed by atoms with E-state index in [2.05, 4.69) is 106 Å². The quantitative estimate of drug-likeness (QED) is 0.241. The molecule has 0 saturated heterocycles. The molecular weight excluding hydrogens is 504 g/mol. The molecule has 4 heterocycles. The van der Waals surface area contributed by atoms with Crippen LogP contribution in [-0.2, 0) is 19.4 Å². The molecule has 1 N–H and O–H groups in total. The molecule has 0 spiro atoms. The number of aromatic nitrogens is 5. The maximum Gasteiger partial charge on any atom is 0.225 e. The van der Waals surface area contributed by atoms with Crippen LogP contribution in [0.4, 0.5) is 5.95 Å². The van der Waals surface area contributed by atoms with Gasteiger partial charge in [0.25, 0.3) is 0 Å². The lowest BCUT2D eigenvalue weighted by Gasteiger charge is -2.28. The van der Waals surface area contributed by atoms with E-state index >= 15 is 0 Å². The van der Waals surface area contributed by atoms with Gasteiger partial charge < -0.3 is 9.88 Å². The van der Waals surface area contributed by atoms with Crippen LogP contribution in [0.25, 0.3) is 16.8 Å². The third kappa shape index (κ3) is 5.40. The molecule has 5 rings (SSSR count). The summed E-state index contributed by atoms with van der Waals surface area (Å²) in [5.41, 5.74) is 14.7. The molecule has 41 heavy (non-hydrogen) atoms. The zero-order valence-electron chi connectivity index (χ0n) is 26.0. The van der Waals surface area contributed by atoms with E-state index in [9.17, 15) is 0 Å². The van der Waals surface area contributed by atoms with Crippen LogP contribution in [-0.4, -0.2) is 31.3 Å². The van der Waals surface area contributed by atoms with Gasteiger partial charge in [-0.3, -0.25) is 0 Å². The largest absolute Gasteiger partial charge is 0.361 e. The Kier molecular flexibility index (Phi) is 8.30. The number of benzene rings is 1. The van der Waals surface area contributed by atoms with Crippen LogP contribution in [0.3, 0.4) is 0 Å². The molecule has 0 amide bonds. The first-order chi connectivity index (χ1) is 19.7. The lowest BCUT2D eigenvalue weighted by atomic mass is 9.91. The number of fused-ring (bicyclic) bond motifs is 1. The smallest absolute Gasteiger partial charge is 0.225 e. The Morgan fingerprint density at radius 3 is 2.51 bits per heavy atom. The molecule has 6 heteroatoms. The molecule has 214 valence electrons. The Hall–Kier alpha value is -3.93. The Labute approximate surface area is 245 Å². The maximum absolute atomic E-state index is 5.39. The maximum atomic E-state index is 5.39. The van der Waals surface area contributed by atoms with Gasteiger partial charge in [-0.05, 0) is 75.3 Å². The minimum absolute atomic E-state index is 0.407. The van der Waals surface area contributed by atoms with Gasteiger partial charge in [0, 0.05) is 60.5 Å². The number of hydrogen-bond acceptors (Lipinski definition) is 4. The molecule has 0 radical (unpaired) electrons. The topological polar surface area (TPSA) is 62.6 Å². The molecular formula is C35H44N6. The number of nitrogens with zero attached hydrogens (tertiary/aromatic N) is 5. The zero-order valence-corrected chi connectivity index (χ0v) is 26.0. The third-order valence-electron chi connectivity index (χ3n) is 8.27. The summed E-state index contributed by atoms with van der Waals surface area (Å²) in [5, 5.41) is 5.39. The highest BCUT2D eigenvalue weighted by Crippen LogP contribution is 2.39. The fourth-order valence-corrected chi connectivity index (χ4v) is 5.93. The molecule has 4 aromatic rings. The van der Waals surface area contributed by atoms with Crippen molar-refractivity contribution in [3.05, 3.63) is 99.4 Å². The minimum atomic E-state index is 0.407. The van der Waals surface area contributed by atoms with Gasteiger partial charge in [0.1, 0.15) is 0 Å². The van der Waals surface area contributed by atoms with E-state index in [1.807, 2.05) is 12.4 Å². The first-order valence-electron chi connectivity index (χ1n) is 15.0. The highest BCUT2D eigenvalue weighted by molar-refractivity contribution is 5.88. The van der Waals surface area contributed by atoms with Crippen LogP contribution in [0.2, 0.25) is 0 Å². The second-order valence-corrected chi connectivity index (χ2v) is 11.8. The van der Waals surface area contributed by atoms with Crippen molar-refractivity contribution in [3.8, 4) is 5.69 Å². The number of nitrogens with one attached hydrogen (secondary N) is 1. The van der Waals surface area contributed by atoms with Gasteiger partial charge in [0.05, 0.1) is 17.1 Å². The number of allylic oxidation sites excluding steroid dienone is 3. The van der Waals surface area contributed by atoms with Gasteiger partial charge in [-0.15, -0.1) is 0 Å². The fraction of sp³-hybridized carbons (Fsp3) is 0.400. The van der Waals surface area contributed by atoms with E-state index in [1.165, 1.54) is 56.0 Å². The predicted molar refractivity (Wildman–Crippen MR) is 171 cm³/mol. The van der Waals surface area contributed by atoms with E-state index in [0.717, 1.165) is 49.6 Å². The van der Waals surface area contributed by atoms with Crippen molar-refractivity contribution in [2.75, 3.05) is 11.4 Å². The summed E-state index contributed by atoms with van der Waals surface area (Å²) < 4.78 is 2.27. The molecule has 6 nitrogen and oxygen atoms in total. The van der Waals surface area contributed by atoms with Crippen LogP contribution in [0, 0.1) is 6.92 Å². The number of anilines is 1. The highest BCUT2D eigenvalue weighted by atomic mass is 15.3. The van der Waals surface area contributed by atoms with Crippen LogP contribution in [0.5, 0.6) is 0 Å². The SMILES string of the molecule is C/C=C(/C)c1[nH]ccc1C(=C(C)C)c1c2c(nn1-c1c(C)cccc1CCC)CCN(c1ncc(C(C)C)cn1)C2. The molecule has 1 aromatic carbocycles. The molecule has 0 unspecified atom stereocenters. The van der Waals surface area contributed by atoms with E-state index in [0.29, 0.717) is 5.92 Å². The summed E-state index contributed by atoms with van der Waals surface area (Å²) in [6.45, 7) is 19.1. The Balaban J connectivity index is 1.74. The Bertz CT molecular complexity index is 1590. The standard InChI is InChI=1S/C35H44N6/c1-9-12-26-14-11-13-25(8)33(26)41-34(31(23(5)6)28-15-17-36-32(28)24(7)10-2)29-21-40(18-16-30(29)39-41)35-37-19-27(20-38-35)22(3)4/h10-11,13-15,17,19-20,22,36H,9,12,16,18,21H2,1-8H3/b24-10-. The third-order valence-corrected chi connectivity index (χ3v) is 8.27. The van der Waals surface area contributed by atoms with Gasteiger partial charge in [0.2, 0.25) is 5.95 Å². The number of H-pyrrole nitrogens is 1. The second kappa shape index (κ2) is 11.9. The van der Waals surface area contributed by atoms with Crippen molar-refractivity contribution < 1.29 is 0 Å². The lowest BCUT2D eigenvalue weighted by molar-refractivity contribution is 0.691. The van der Waals surface area contributed by atoms with E-state index in [4.69, 9.17) is 15.1 Å². The van der Waals surface area contributed by atoms with Crippen LogP contribution in [0.1, 0.15) is 106 Å². The lowest BCUT2D eigenvalue weighted by Crippen LogP contribution is -2.32. The highest BCUT2D eigenvalue weighted by Gasteiger charge is 2.31. The fourth-order valence-electron chi connectivity index (χ4n) is 5.93. The van der Waals surface area contributed by atoms with Crippen LogP contribution < -0.4 is 4.90 Å². The summed E-state index contributed by atoms with van der Waals surface area (Å²) in [6.07, 6.45) is 11.1. The van der Waals surface area contributed by atoms with E-state index < -0.39 is 0 Å². The van der Waals surface area contributed by atoms with Crippen molar-refractivity contribution in [2.24, 2.45) is 0 Å². The zero-order chi connectivity index (χ0) is 29.3. The van der Waals surface area contributed by atoms with Gasteiger partial charge in [0.15, 0.2) is 0 Å².